The van der Waals surface area contributed by atoms with Crippen molar-refractivity contribution >= 4 is 11.6 Å². The van der Waals surface area contributed by atoms with Gasteiger partial charge in [-0.25, -0.2) is 4.39 Å². The van der Waals surface area contributed by atoms with Gasteiger partial charge in [0, 0.05) is 11.6 Å². The van der Waals surface area contributed by atoms with Crippen molar-refractivity contribution in [3.63, 3.8) is 0 Å². The van der Waals surface area contributed by atoms with E-state index in [1.165, 1.54) is 22.2 Å². The number of aryl methyl sites for hydroxylation is 2. The predicted molar refractivity (Wildman–Crippen MR) is 116 cm³/mol. The number of carbonyl (C=O) groups excluding carboxylic acids is 1. The van der Waals surface area contributed by atoms with Gasteiger partial charge in [0.1, 0.15) is 18.2 Å². The summed E-state index contributed by atoms with van der Waals surface area (Å²) in [5, 5.41) is 15.2. The third kappa shape index (κ3) is 5.00. The van der Waals surface area contributed by atoms with E-state index in [0.29, 0.717) is 28.7 Å². The Kier molecular flexibility index (Phi) is 6.25. The summed E-state index contributed by atoms with van der Waals surface area (Å²) in [5.41, 5.74) is 3.33. The molecule has 0 radical (unpaired) electrons. The Labute approximate surface area is 184 Å². The average molecular weight is 435 g/mol. The fourth-order valence-corrected chi connectivity index (χ4v) is 3.01. The van der Waals surface area contributed by atoms with Crippen molar-refractivity contribution in [2.24, 2.45) is 0 Å². The number of ether oxygens (including phenoxy) is 2. The fraction of sp³-hybridized carbons (Fsp3) is 0.217. The van der Waals surface area contributed by atoms with E-state index in [9.17, 15) is 9.18 Å². The van der Waals surface area contributed by atoms with Gasteiger partial charge in [0.25, 0.3) is 5.91 Å². The molecule has 2 aromatic heterocycles. The maximum absolute atomic E-state index is 13.5. The van der Waals surface area contributed by atoms with Crippen molar-refractivity contribution in [2.45, 2.75) is 13.8 Å². The molecule has 0 unspecified atom stereocenters. The lowest BCUT2D eigenvalue weighted by atomic mass is 10.1. The number of nitrogens with one attached hydrogen (secondary N) is 1. The Morgan fingerprint density at radius 1 is 1.03 bits per heavy atom. The fourth-order valence-electron chi connectivity index (χ4n) is 3.01. The Hall–Kier alpha value is -4.01. The summed E-state index contributed by atoms with van der Waals surface area (Å²) in [7, 11) is 0. The second-order valence-corrected chi connectivity index (χ2v) is 7.21. The van der Waals surface area contributed by atoms with Crippen LogP contribution >= 0.6 is 0 Å². The summed E-state index contributed by atoms with van der Waals surface area (Å²) in [6.07, 6.45) is 0. The Morgan fingerprint density at radius 3 is 2.72 bits per heavy atom. The van der Waals surface area contributed by atoms with E-state index >= 15 is 0 Å². The summed E-state index contributed by atoms with van der Waals surface area (Å²) in [6.45, 7) is 4.43. The molecule has 1 amide bonds. The number of hydrogen-bond acceptors (Lipinski definition) is 6. The molecule has 0 aliphatic carbocycles. The molecular formula is C23H22FN5O3. The Morgan fingerprint density at radius 2 is 1.91 bits per heavy atom. The van der Waals surface area contributed by atoms with Crippen molar-refractivity contribution in [1.82, 2.24) is 25.1 Å². The van der Waals surface area contributed by atoms with E-state index in [2.05, 4.69) is 20.6 Å². The number of amides is 1. The zero-order valence-corrected chi connectivity index (χ0v) is 17.7. The van der Waals surface area contributed by atoms with Gasteiger partial charge >= 0.3 is 0 Å². The monoisotopic (exact) mass is 435 g/mol. The number of rotatable bonds is 8. The SMILES string of the molecule is Cc1ccc(OCC(=O)NCCOc2ccc3nnc(-c4cccc(F)c4)n3n2)cc1C. The molecule has 9 heteroatoms. The quantitative estimate of drug-likeness (QED) is 0.428. The van der Waals surface area contributed by atoms with Crippen LogP contribution in [0, 0.1) is 19.7 Å². The molecule has 0 atom stereocenters. The molecule has 0 aliphatic heterocycles. The minimum Gasteiger partial charge on any atom is -0.484 e. The molecule has 0 bridgehead atoms. The minimum atomic E-state index is -0.371. The number of fused-ring (bicyclic) bond motifs is 1. The van der Waals surface area contributed by atoms with Crippen LogP contribution in [0.15, 0.2) is 54.6 Å². The summed E-state index contributed by atoms with van der Waals surface area (Å²) < 4.78 is 26.2. The van der Waals surface area contributed by atoms with E-state index in [4.69, 9.17) is 9.47 Å². The molecule has 0 spiro atoms. The van der Waals surface area contributed by atoms with Gasteiger partial charge < -0.3 is 14.8 Å². The molecular weight excluding hydrogens is 413 g/mol. The second-order valence-electron chi connectivity index (χ2n) is 7.21. The van der Waals surface area contributed by atoms with E-state index in [-0.39, 0.29) is 31.5 Å². The van der Waals surface area contributed by atoms with Gasteiger partial charge in [-0.2, -0.15) is 4.52 Å². The summed E-state index contributed by atoms with van der Waals surface area (Å²) >= 11 is 0. The number of aromatic nitrogens is 4. The molecule has 0 saturated heterocycles. The van der Waals surface area contributed by atoms with Gasteiger partial charge in [0.15, 0.2) is 18.1 Å². The van der Waals surface area contributed by atoms with Crippen LogP contribution in [-0.2, 0) is 4.79 Å². The lowest BCUT2D eigenvalue weighted by Gasteiger charge is -2.10. The zero-order valence-electron chi connectivity index (χ0n) is 17.7. The highest BCUT2D eigenvalue weighted by Gasteiger charge is 2.11. The molecule has 2 aromatic carbocycles. The normalized spacial score (nSPS) is 10.8. The molecule has 8 nitrogen and oxygen atoms in total. The van der Waals surface area contributed by atoms with Crippen molar-refractivity contribution in [1.29, 1.82) is 0 Å². The van der Waals surface area contributed by atoms with Gasteiger partial charge in [-0.05, 0) is 55.3 Å². The Balaban J connectivity index is 1.29. The zero-order chi connectivity index (χ0) is 22.5. The van der Waals surface area contributed by atoms with Gasteiger partial charge in [-0.3, -0.25) is 4.79 Å². The van der Waals surface area contributed by atoms with Crippen molar-refractivity contribution in [2.75, 3.05) is 19.8 Å². The lowest BCUT2D eigenvalue weighted by Crippen LogP contribution is -2.32. The number of nitrogens with zero attached hydrogens (tertiary/aromatic N) is 4. The molecule has 4 rings (SSSR count). The number of hydrogen-bond donors (Lipinski definition) is 1. The first-order valence-corrected chi connectivity index (χ1v) is 10.1. The molecule has 1 N–H and O–H groups in total. The first-order chi connectivity index (χ1) is 15.5. The number of halogens is 1. The summed E-state index contributed by atoms with van der Waals surface area (Å²) in [6, 6.07) is 15.1. The second kappa shape index (κ2) is 9.42. The average Bonchev–Trinajstić information content (AvgIpc) is 3.21. The van der Waals surface area contributed by atoms with Crippen LogP contribution in [-0.4, -0.2) is 45.5 Å². The summed E-state index contributed by atoms with van der Waals surface area (Å²) in [4.78, 5) is 12.0. The van der Waals surface area contributed by atoms with Crippen molar-refractivity contribution in [3.8, 4) is 23.0 Å². The first-order valence-electron chi connectivity index (χ1n) is 10.1. The highest BCUT2D eigenvalue weighted by molar-refractivity contribution is 5.77. The molecule has 0 fully saturated rings. The largest absolute Gasteiger partial charge is 0.484 e. The maximum atomic E-state index is 13.5. The maximum Gasteiger partial charge on any atom is 0.258 e. The summed E-state index contributed by atoms with van der Waals surface area (Å²) in [5.74, 6) is 0.767. The predicted octanol–water partition coefficient (Wildman–Crippen LogP) is 3.12. The molecule has 164 valence electrons. The molecule has 2 heterocycles. The van der Waals surface area contributed by atoms with E-state index in [1.807, 2.05) is 32.0 Å². The van der Waals surface area contributed by atoms with Gasteiger partial charge in [-0.15, -0.1) is 15.3 Å². The molecule has 32 heavy (non-hydrogen) atoms. The van der Waals surface area contributed by atoms with Crippen LogP contribution in [0.2, 0.25) is 0 Å². The molecule has 0 aliphatic rings. The number of benzene rings is 2. The standard InChI is InChI=1S/C23H22FN5O3/c1-15-6-7-19(12-16(15)2)32-14-21(30)25-10-11-31-22-9-8-20-26-27-23(29(20)28-22)17-4-3-5-18(24)13-17/h3-9,12-13H,10-11,14H2,1-2H3,(H,25,30). The van der Waals surface area contributed by atoms with Gasteiger partial charge in [0.05, 0.1) is 6.54 Å². The topological polar surface area (TPSA) is 90.6 Å². The minimum absolute atomic E-state index is 0.0790. The smallest absolute Gasteiger partial charge is 0.258 e. The van der Waals surface area contributed by atoms with Crippen LogP contribution in [0.3, 0.4) is 0 Å². The van der Waals surface area contributed by atoms with E-state index in [1.54, 1.807) is 24.3 Å². The first kappa shape index (κ1) is 21.2. The Bertz CT molecular complexity index is 1260. The lowest BCUT2D eigenvalue weighted by molar-refractivity contribution is -0.123. The third-order valence-corrected chi connectivity index (χ3v) is 4.84. The van der Waals surface area contributed by atoms with E-state index in [0.717, 1.165) is 5.56 Å². The highest BCUT2D eigenvalue weighted by atomic mass is 19.1. The van der Waals surface area contributed by atoms with Crippen LogP contribution in [0.25, 0.3) is 17.0 Å². The van der Waals surface area contributed by atoms with Crippen LogP contribution in [0.1, 0.15) is 11.1 Å². The van der Waals surface area contributed by atoms with Crippen LogP contribution < -0.4 is 14.8 Å². The van der Waals surface area contributed by atoms with Crippen LogP contribution in [0.4, 0.5) is 4.39 Å². The van der Waals surface area contributed by atoms with E-state index < -0.39 is 0 Å². The molecule has 0 saturated carbocycles. The van der Waals surface area contributed by atoms with Gasteiger partial charge in [-0.1, -0.05) is 18.2 Å². The molecule has 4 aromatic rings. The highest BCUT2D eigenvalue weighted by Crippen LogP contribution is 2.20. The van der Waals surface area contributed by atoms with Gasteiger partial charge in [0.2, 0.25) is 5.88 Å². The van der Waals surface area contributed by atoms with Crippen molar-refractivity contribution < 1.29 is 18.7 Å². The van der Waals surface area contributed by atoms with Crippen molar-refractivity contribution in [3.05, 3.63) is 71.5 Å². The third-order valence-electron chi connectivity index (χ3n) is 4.84. The number of carbonyl (C=O) groups is 1. The van der Waals surface area contributed by atoms with Crippen LogP contribution in [0.5, 0.6) is 11.6 Å².